The molecule has 0 aliphatic rings. The predicted octanol–water partition coefficient (Wildman–Crippen LogP) is 2.04. The van der Waals surface area contributed by atoms with Crippen LogP contribution in [0.5, 0.6) is 11.5 Å². The van der Waals surface area contributed by atoms with Crippen LogP contribution in [0.2, 0.25) is 0 Å². The topological polar surface area (TPSA) is 71.5 Å². The zero-order chi connectivity index (χ0) is 15.1. The molecule has 5 heteroatoms. The fourth-order valence-corrected chi connectivity index (χ4v) is 1.93. The van der Waals surface area contributed by atoms with Crippen LogP contribution in [0.1, 0.15) is 17.5 Å². The van der Waals surface area contributed by atoms with Gasteiger partial charge in [-0.25, -0.2) is 0 Å². The number of phenolic OH excluding ortho intramolecular Hbond substituents is 1. The Bertz CT molecular complexity index is 600. The maximum absolute atomic E-state index is 11.8. The average Bonchev–Trinajstić information content (AvgIpc) is 2.53. The van der Waals surface area contributed by atoms with Gasteiger partial charge >= 0.3 is 0 Å². The van der Waals surface area contributed by atoms with E-state index in [9.17, 15) is 9.90 Å². The highest BCUT2D eigenvalue weighted by Gasteiger charge is 2.05. The van der Waals surface area contributed by atoms with Crippen molar-refractivity contribution >= 4 is 5.91 Å². The molecule has 1 heterocycles. The van der Waals surface area contributed by atoms with Crippen LogP contribution in [0.4, 0.5) is 0 Å². The molecule has 1 aromatic carbocycles. The normalized spacial score (nSPS) is 10.1. The van der Waals surface area contributed by atoms with Gasteiger partial charge in [0.25, 0.3) is 0 Å². The Kier molecular flexibility index (Phi) is 5.15. The van der Waals surface area contributed by atoms with Gasteiger partial charge in [-0.15, -0.1) is 0 Å². The number of hydrogen-bond acceptors (Lipinski definition) is 4. The lowest BCUT2D eigenvalue weighted by molar-refractivity contribution is -0.121. The summed E-state index contributed by atoms with van der Waals surface area (Å²) in [6.45, 7) is 0.409. The summed E-state index contributed by atoms with van der Waals surface area (Å²) in [5.74, 6) is 0.475. The number of nitrogens with zero attached hydrogens (tertiary/aromatic N) is 1. The molecule has 0 bridgehead atoms. The summed E-state index contributed by atoms with van der Waals surface area (Å²) in [6, 6.07) is 8.81. The third-order valence-electron chi connectivity index (χ3n) is 3.12. The van der Waals surface area contributed by atoms with Gasteiger partial charge in [0, 0.05) is 25.4 Å². The third-order valence-corrected chi connectivity index (χ3v) is 3.12. The van der Waals surface area contributed by atoms with Crippen molar-refractivity contribution in [3.05, 3.63) is 53.9 Å². The van der Waals surface area contributed by atoms with Crippen LogP contribution in [0.15, 0.2) is 42.7 Å². The summed E-state index contributed by atoms with van der Waals surface area (Å²) in [4.78, 5) is 15.7. The van der Waals surface area contributed by atoms with Crippen molar-refractivity contribution in [2.45, 2.75) is 19.4 Å². The van der Waals surface area contributed by atoms with E-state index in [1.165, 1.54) is 7.11 Å². The number of carbonyl (C=O) groups is 1. The highest BCUT2D eigenvalue weighted by Crippen LogP contribution is 2.26. The number of aromatic hydroxyl groups is 1. The Labute approximate surface area is 123 Å². The van der Waals surface area contributed by atoms with E-state index in [0.29, 0.717) is 25.1 Å². The van der Waals surface area contributed by atoms with Crippen molar-refractivity contribution in [3.8, 4) is 11.5 Å². The molecular formula is C16H18N2O3. The number of ether oxygens (including phenoxy) is 1. The smallest absolute Gasteiger partial charge is 0.220 e. The summed E-state index contributed by atoms with van der Waals surface area (Å²) >= 11 is 0. The van der Waals surface area contributed by atoms with Crippen LogP contribution in [0.3, 0.4) is 0 Å². The minimum absolute atomic E-state index is 0.0149. The van der Waals surface area contributed by atoms with Gasteiger partial charge in [0.2, 0.25) is 5.91 Å². The monoisotopic (exact) mass is 286 g/mol. The van der Waals surface area contributed by atoms with E-state index >= 15 is 0 Å². The molecule has 0 saturated heterocycles. The second kappa shape index (κ2) is 7.28. The minimum atomic E-state index is -0.0149. The average molecular weight is 286 g/mol. The lowest BCUT2D eigenvalue weighted by atomic mass is 10.1. The van der Waals surface area contributed by atoms with E-state index in [2.05, 4.69) is 10.3 Å². The van der Waals surface area contributed by atoms with Crippen LogP contribution in [0.25, 0.3) is 0 Å². The van der Waals surface area contributed by atoms with Gasteiger partial charge in [-0.3, -0.25) is 9.78 Å². The van der Waals surface area contributed by atoms with E-state index in [1.807, 2.05) is 12.1 Å². The lowest BCUT2D eigenvalue weighted by Crippen LogP contribution is -2.23. The Hall–Kier alpha value is -2.56. The molecule has 2 rings (SSSR count). The van der Waals surface area contributed by atoms with E-state index in [1.54, 1.807) is 30.6 Å². The summed E-state index contributed by atoms with van der Waals surface area (Å²) in [5, 5.41) is 12.4. The Morgan fingerprint density at radius 2 is 2.00 bits per heavy atom. The van der Waals surface area contributed by atoms with Crippen LogP contribution >= 0.6 is 0 Å². The number of benzene rings is 1. The molecule has 0 aliphatic heterocycles. The third kappa shape index (κ3) is 4.49. The molecule has 21 heavy (non-hydrogen) atoms. The van der Waals surface area contributed by atoms with Crippen LogP contribution in [-0.4, -0.2) is 23.1 Å². The zero-order valence-corrected chi connectivity index (χ0v) is 11.9. The van der Waals surface area contributed by atoms with Crippen molar-refractivity contribution in [2.75, 3.05) is 7.11 Å². The van der Waals surface area contributed by atoms with Gasteiger partial charge < -0.3 is 15.2 Å². The molecule has 0 saturated carbocycles. The number of nitrogens with one attached hydrogen (secondary N) is 1. The second-order valence-electron chi connectivity index (χ2n) is 4.64. The predicted molar refractivity (Wildman–Crippen MR) is 79.1 cm³/mol. The van der Waals surface area contributed by atoms with E-state index in [4.69, 9.17) is 4.74 Å². The number of phenols is 1. The van der Waals surface area contributed by atoms with Gasteiger partial charge in [-0.1, -0.05) is 6.07 Å². The zero-order valence-electron chi connectivity index (χ0n) is 11.9. The molecule has 2 aromatic rings. The first-order chi connectivity index (χ1) is 10.2. The molecule has 2 N–H and O–H groups in total. The van der Waals surface area contributed by atoms with E-state index in [-0.39, 0.29) is 11.7 Å². The Balaban J connectivity index is 1.81. The SMILES string of the molecule is COc1cc(CNC(=O)CCc2ccncc2)ccc1O. The molecule has 5 nitrogen and oxygen atoms in total. The molecular weight excluding hydrogens is 268 g/mol. The maximum atomic E-state index is 11.8. The standard InChI is InChI=1S/C16H18N2O3/c1-21-15-10-13(2-4-14(15)19)11-18-16(20)5-3-12-6-8-17-9-7-12/h2,4,6-10,19H,3,5,11H2,1H3,(H,18,20). The van der Waals surface area contributed by atoms with Crippen LogP contribution in [0, 0.1) is 0 Å². The number of methoxy groups -OCH3 is 1. The summed E-state index contributed by atoms with van der Waals surface area (Å²) in [6.07, 6.45) is 4.55. The Morgan fingerprint density at radius 3 is 2.71 bits per heavy atom. The number of hydrogen-bond donors (Lipinski definition) is 2. The van der Waals surface area contributed by atoms with Gasteiger partial charge in [-0.05, 0) is 41.8 Å². The molecule has 0 fully saturated rings. The number of aromatic nitrogens is 1. The molecule has 0 spiro atoms. The van der Waals surface area contributed by atoms with Crippen molar-refractivity contribution in [1.29, 1.82) is 0 Å². The van der Waals surface area contributed by atoms with Crippen molar-refractivity contribution in [1.82, 2.24) is 10.3 Å². The number of pyridine rings is 1. The van der Waals surface area contributed by atoms with E-state index in [0.717, 1.165) is 11.1 Å². The number of amides is 1. The summed E-state index contributed by atoms with van der Waals surface area (Å²) in [5.41, 5.74) is 1.97. The highest BCUT2D eigenvalue weighted by molar-refractivity contribution is 5.76. The van der Waals surface area contributed by atoms with Crippen LogP contribution < -0.4 is 10.1 Å². The number of carbonyl (C=O) groups excluding carboxylic acids is 1. The van der Waals surface area contributed by atoms with Crippen molar-refractivity contribution in [2.24, 2.45) is 0 Å². The van der Waals surface area contributed by atoms with Gasteiger partial charge in [0.1, 0.15) is 0 Å². The molecule has 1 amide bonds. The molecule has 1 aromatic heterocycles. The Morgan fingerprint density at radius 1 is 1.24 bits per heavy atom. The first-order valence-electron chi connectivity index (χ1n) is 6.70. The lowest BCUT2D eigenvalue weighted by Gasteiger charge is -2.08. The fourth-order valence-electron chi connectivity index (χ4n) is 1.93. The highest BCUT2D eigenvalue weighted by atomic mass is 16.5. The molecule has 0 radical (unpaired) electrons. The van der Waals surface area contributed by atoms with Crippen molar-refractivity contribution < 1.29 is 14.6 Å². The summed E-state index contributed by atoms with van der Waals surface area (Å²) in [7, 11) is 1.49. The number of rotatable bonds is 6. The van der Waals surface area contributed by atoms with E-state index < -0.39 is 0 Å². The molecule has 110 valence electrons. The second-order valence-corrected chi connectivity index (χ2v) is 4.64. The molecule has 0 unspecified atom stereocenters. The quantitative estimate of drug-likeness (QED) is 0.852. The minimum Gasteiger partial charge on any atom is -0.504 e. The maximum Gasteiger partial charge on any atom is 0.220 e. The number of aryl methyl sites for hydroxylation is 1. The van der Waals surface area contributed by atoms with Gasteiger partial charge in [0.15, 0.2) is 11.5 Å². The fraction of sp³-hybridized carbons (Fsp3) is 0.250. The van der Waals surface area contributed by atoms with Gasteiger partial charge in [-0.2, -0.15) is 0 Å². The van der Waals surface area contributed by atoms with Crippen LogP contribution in [-0.2, 0) is 17.8 Å². The first kappa shape index (κ1) is 14.8. The largest absolute Gasteiger partial charge is 0.504 e. The van der Waals surface area contributed by atoms with Gasteiger partial charge in [0.05, 0.1) is 7.11 Å². The molecule has 0 aliphatic carbocycles. The first-order valence-corrected chi connectivity index (χ1v) is 6.70. The summed E-state index contributed by atoms with van der Waals surface area (Å²) < 4.78 is 5.03. The molecule has 0 atom stereocenters. The van der Waals surface area contributed by atoms with Crippen molar-refractivity contribution in [3.63, 3.8) is 0 Å².